The minimum Gasteiger partial charge on any atom is -0.385 e. The topological polar surface area (TPSA) is 15.3 Å². The molecule has 1 N–H and O–H groups in total. The highest BCUT2D eigenvalue weighted by atomic mass is 15.1. The van der Waals surface area contributed by atoms with Crippen LogP contribution in [-0.2, 0) is 13.0 Å². The van der Waals surface area contributed by atoms with Crippen LogP contribution in [0.1, 0.15) is 30.9 Å². The summed E-state index contributed by atoms with van der Waals surface area (Å²) in [5.74, 6) is 0.798. The number of piperidine rings is 1. The van der Waals surface area contributed by atoms with Gasteiger partial charge in [0.2, 0.25) is 0 Å². The second kappa shape index (κ2) is 8.16. The van der Waals surface area contributed by atoms with E-state index in [-0.39, 0.29) is 0 Å². The number of aryl methyl sites for hydroxylation is 1. The summed E-state index contributed by atoms with van der Waals surface area (Å²) in [6.45, 7) is 6.87. The lowest BCUT2D eigenvalue weighted by Gasteiger charge is -2.32. The van der Waals surface area contributed by atoms with Crippen LogP contribution in [0.15, 0.2) is 54.6 Å². The van der Waals surface area contributed by atoms with E-state index >= 15 is 0 Å². The largest absolute Gasteiger partial charge is 0.385 e. The van der Waals surface area contributed by atoms with E-state index in [0.29, 0.717) is 0 Å². The SMILES string of the molecule is CCc1ccccc1NCC1CCN(Cc2ccccc2)CC1. The maximum atomic E-state index is 3.68. The van der Waals surface area contributed by atoms with Crippen molar-refractivity contribution in [2.75, 3.05) is 25.0 Å². The van der Waals surface area contributed by atoms with Crippen LogP contribution in [0.4, 0.5) is 5.69 Å². The molecule has 0 amide bonds. The lowest BCUT2D eigenvalue weighted by atomic mass is 9.96. The van der Waals surface area contributed by atoms with Crippen molar-refractivity contribution < 1.29 is 0 Å². The molecule has 2 aromatic rings. The van der Waals surface area contributed by atoms with Crippen LogP contribution in [0.3, 0.4) is 0 Å². The molecule has 0 saturated carbocycles. The van der Waals surface area contributed by atoms with Crippen LogP contribution in [0.5, 0.6) is 0 Å². The van der Waals surface area contributed by atoms with Gasteiger partial charge in [-0.25, -0.2) is 0 Å². The van der Waals surface area contributed by atoms with Gasteiger partial charge in [0, 0.05) is 18.8 Å². The lowest BCUT2D eigenvalue weighted by Crippen LogP contribution is -2.35. The highest BCUT2D eigenvalue weighted by Crippen LogP contribution is 2.21. The zero-order chi connectivity index (χ0) is 15.9. The number of hydrogen-bond donors (Lipinski definition) is 1. The first kappa shape index (κ1) is 16.1. The molecule has 0 bridgehead atoms. The Morgan fingerprint density at radius 3 is 2.39 bits per heavy atom. The summed E-state index contributed by atoms with van der Waals surface area (Å²) in [4.78, 5) is 2.59. The fraction of sp³-hybridized carbons (Fsp3) is 0.429. The molecule has 0 spiro atoms. The van der Waals surface area contributed by atoms with Gasteiger partial charge in [0.15, 0.2) is 0 Å². The molecule has 0 radical (unpaired) electrons. The zero-order valence-electron chi connectivity index (χ0n) is 14.2. The molecule has 0 aromatic heterocycles. The third-order valence-electron chi connectivity index (χ3n) is 4.94. The minimum absolute atomic E-state index is 0.798. The first-order valence-electron chi connectivity index (χ1n) is 8.93. The highest BCUT2D eigenvalue weighted by Gasteiger charge is 2.19. The number of anilines is 1. The molecule has 122 valence electrons. The van der Waals surface area contributed by atoms with Gasteiger partial charge in [-0.3, -0.25) is 4.90 Å². The Morgan fingerprint density at radius 2 is 1.65 bits per heavy atom. The molecule has 0 aliphatic carbocycles. The molecule has 0 unspecified atom stereocenters. The van der Waals surface area contributed by atoms with Crippen LogP contribution in [-0.4, -0.2) is 24.5 Å². The predicted octanol–water partition coefficient (Wildman–Crippen LogP) is 4.57. The van der Waals surface area contributed by atoms with E-state index in [1.807, 2.05) is 0 Å². The van der Waals surface area contributed by atoms with Gasteiger partial charge >= 0.3 is 0 Å². The van der Waals surface area contributed by atoms with Crippen molar-refractivity contribution in [1.29, 1.82) is 0 Å². The van der Waals surface area contributed by atoms with Gasteiger partial charge in [0.1, 0.15) is 0 Å². The van der Waals surface area contributed by atoms with Gasteiger partial charge in [-0.2, -0.15) is 0 Å². The molecule has 3 rings (SSSR count). The van der Waals surface area contributed by atoms with Crippen LogP contribution in [0, 0.1) is 5.92 Å². The average molecular weight is 308 g/mol. The first-order chi connectivity index (χ1) is 11.3. The van der Waals surface area contributed by atoms with E-state index in [9.17, 15) is 0 Å². The number of rotatable bonds is 6. The molecule has 2 heteroatoms. The molecule has 1 heterocycles. The van der Waals surface area contributed by atoms with Gasteiger partial charge in [-0.15, -0.1) is 0 Å². The molecule has 1 fully saturated rings. The summed E-state index contributed by atoms with van der Waals surface area (Å²) in [6, 6.07) is 19.5. The number of nitrogens with one attached hydrogen (secondary N) is 1. The summed E-state index contributed by atoms with van der Waals surface area (Å²) in [5.41, 5.74) is 4.18. The van der Waals surface area contributed by atoms with Gasteiger partial charge in [0.25, 0.3) is 0 Å². The first-order valence-corrected chi connectivity index (χ1v) is 8.93. The van der Waals surface area contributed by atoms with Gasteiger partial charge in [0.05, 0.1) is 0 Å². The normalized spacial score (nSPS) is 16.4. The van der Waals surface area contributed by atoms with Crippen molar-refractivity contribution in [1.82, 2.24) is 4.90 Å². The van der Waals surface area contributed by atoms with Gasteiger partial charge in [-0.1, -0.05) is 55.5 Å². The summed E-state index contributed by atoms with van der Waals surface area (Å²) in [7, 11) is 0. The molecule has 1 saturated heterocycles. The Balaban J connectivity index is 1.44. The van der Waals surface area contributed by atoms with E-state index < -0.39 is 0 Å². The standard InChI is InChI=1S/C21H28N2/c1-2-20-10-6-7-11-21(20)22-16-18-12-14-23(15-13-18)17-19-8-4-3-5-9-19/h3-11,18,22H,2,12-17H2,1H3. The fourth-order valence-electron chi connectivity index (χ4n) is 3.45. The quantitative estimate of drug-likeness (QED) is 0.840. The number of benzene rings is 2. The monoisotopic (exact) mass is 308 g/mol. The number of hydrogen-bond acceptors (Lipinski definition) is 2. The Labute approximate surface area is 140 Å². The zero-order valence-corrected chi connectivity index (χ0v) is 14.2. The van der Waals surface area contributed by atoms with Crippen molar-refractivity contribution in [2.24, 2.45) is 5.92 Å². The maximum Gasteiger partial charge on any atom is 0.0372 e. The van der Waals surface area contributed by atoms with E-state index in [1.165, 1.54) is 42.7 Å². The molecule has 0 atom stereocenters. The number of nitrogens with zero attached hydrogens (tertiary/aromatic N) is 1. The van der Waals surface area contributed by atoms with Crippen molar-refractivity contribution in [2.45, 2.75) is 32.7 Å². The fourth-order valence-corrected chi connectivity index (χ4v) is 3.45. The number of para-hydroxylation sites is 1. The molecule has 2 nitrogen and oxygen atoms in total. The molecular formula is C21H28N2. The second-order valence-electron chi connectivity index (χ2n) is 6.60. The van der Waals surface area contributed by atoms with Crippen molar-refractivity contribution in [3.8, 4) is 0 Å². The minimum atomic E-state index is 0.798. The van der Waals surface area contributed by atoms with Gasteiger partial charge < -0.3 is 5.32 Å². The van der Waals surface area contributed by atoms with Crippen LogP contribution in [0.25, 0.3) is 0 Å². The third-order valence-corrected chi connectivity index (χ3v) is 4.94. The molecular weight excluding hydrogens is 280 g/mol. The van der Waals surface area contributed by atoms with E-state index in [4.69, 9.17) is 0 Å². The van der Waals surface area contributed by atoms with E-state index in [0.717, 1.165) is 25.4 Å². The van der Waals surface area contributed by atoms with Crippen LogP contribution in [0.2, 0.25) is 0 Å². The smallest absolute Gasteiger partial charge is 0.0372 e. The van der Waals surface area contributed by atoms with Crippen LogP contribution >= 0.6 is 0 Å². The second-order valence-corrected chi connectivity index (χ2v) is 6.60. The average Bonchev–Trinajstić information content (AvgIpc) is 2.62. The summed E-state index contributed by atoms with van der Waals surface area (Å²) in [6.07, 6.45) is 3.70. The predicted molar refractivity (Wildman–Crippen MR) is 98.8 cm³/mol. The molecule has 23 heavy (non-hydrogen) atoms. The highest BCUT2D eigenvalue weighted by molar-refractivity contribution is 5.51. The van der Waals surface area contributed by atoms with E-state index in [1.54, 1.807) is 0 Å². The Hall–Kier alpha value is -1.80. The summed E-state index contributed by atoms with van der Waals surface area (Å²) < 4.78 is 0. The summed E-state index contributed by atoms with van der Waals surface area (Å²) in [5, 5.41) is 3.68. The Morgan fingerprint density at radius 1 is 0.957 bits per heavy atom. The van der Waals surface area contributed by atoms with E-state index in [2.05, 4.69) is 71.7 Å². The lowest BCUT2D eigenvalue weighted by molar-refractivity contribution is 0.182. The third kappa shape index (κ3) is 4.59. The Bertz CT molecular complexity index is 586. The Kier molecular flexibility index (Phi) is 5.71. The van der Waals surface area contributed by atoms with Crippen LogP contribution < -0.4 is 5.32 Å². The van der Waals surface area contributed by atoms with Crippen molar-refractivity contribution >= 4 is 5.69 Å². The molecule has 1 aliphatic rings. The maximum absolute atomic E-state index is 3.68. The van der Waals surface area contributed by atoms with Gasteiger partial charge in [-0.05, 0) is 55.5 Å². The van der Waals surface area contributed by atoms with Crippen molar-refractivity contribution in [3.05, 3.63) is 65.7 Å². The molecule has 2 aromatic carbocycles. The molecule has 1 aliphatic heterocycles. The summed E-state index contributed by atoms with van der Waals surface area (Å²) >= 11 is 0. The van der Waals surface area contributed by atoms with Crippen molar-refractivity contribution in [3.63, 3.8) is 0 Å². The number of likely N-dealkylation sites (tertiary alicyclic amines) is 1.